The maximum atomic E-state index is 11.9. The Kier molecular flexibility index (Phi) is 4.20. The van der Waals surface area contributed by atoms with E-state index >= 15 is 0 Å². The summed E-state index contributed by atoms with van der Waals surface area (Å²) in [4.78, 5) is 13.8. The Hall–Kier alpha value is -1.55. The van der Waals surface area contributed by atoms with Gasteiger partial charge in [0.25, 0.3) is 0 Å². The summed E-state index contributed by atoms with van der Waals surface area (Å²) in [5.74, 6) is 0.442. The van der Waals surface area contributed by atoms with Gasteiger partial charge >= 0.3 is 0 Å². The molecule has 4 nitrogen and oxygen atoms in total. The molecule has 1 aliphatic rings. The molecule has 1 amide bonds. The summed E-state index contributed by atoms with van der Waals surface area (Å²) in [6.07, 6.45) is 2.25. The molecule has 1 aliphatic heterocycles. The minimum atomic E-state index is 0.108. The summed E-state index contributed by atoms with van der Waals surface area (Å²) in [5.41, 5.74) is 1.07. The normalized spacial score (nSPS) is 16.8. The summed E-state index contributed by atoms with van der Waals surface area (Å²) in [7, 11) is 0. The Morgan fingerprint density at radius 2 is 1.94 bits per heavy atom. The largest absolute Gasteiger partial charge is 0.508 e. The van der Waals surface area contributed by atoms with Crippen LogP contribution in [0, 0.1) is 0 Å². The van der Waals surface area contributed by atoms with Crippen molar-refractivity contribution in [3.63, 3.8) is 0 Å². The van der Waals surface area contributed by atoms with Crippen LogP contribution in [-0.4, -0.2) is 35.5 Å². The van der Waals surface area contributed by atoms with Crippen LogP contribution < -0.4 is 5.32 Å². The molecule has 98 valence electrons. The van der Waals surface area contributed by atoms with Crippen molar-refractivity contribution < 1.29 is 9.90 Å². The van der Waals surface area contributed by atoms with Crippen LogP contribution in [0.5, 0.6) is 5.75 Å². The van der Waals surface area contributed by atoms with Crippen LogP contribution in [0.3, 0.4) is 0 Å². The van der Waals surface area contributed by atoms with Crippen LogP contribution in [0.4, 0.5) is 0 Å². The minimum Gasteiger partial charge on any atom is -0.508 e. The molecule has 0 aliphatic carbocycles. The highest BCUT2D eigenvalue weighted by atomic mass is 16.3. The van der Waals surface area contributed by atoms with E-state index in [1.54, 1.807) is 12.1 Å². The molecule has 2 N–H and O–H groups in total. The van der Waals surface area contributed by atoms with Crippen molar-refractivity contribution >= 4 is 5.91 Å². The van der Waals surface area contributed by atoms with Crippen LogP contribution >= 0.6 is 0 Å². The zero-order valence-electron chi connectivity index (χ0n) is 10.7. The Labute approximate surface area is 108 Å². The van der Waals surface area contributed by atoms with Crippen molar-refractivity contribution in [1.29, 1.82) is 0 Å². The van der Waals surface area contributed by atoms with Gasteiger partial charge < -0.3 is 15.3 Å². The minimum absolute atomic E-state index is 0.108. The number of hydrogen-bond acceptors (Lipinski definition) is 3. The van der Waals surface area contributed by atoms with Gasteiger partial charge in [-0.1, -0.05) is 12.1 Å². The first-order valence-corrected chi connectivity index (χ1v) is 6.47. The van der Waals surface area contributed by atoms with Gasteiger partial charge in [-0.25, -0.2) is 0 Å². The van der Waals surface area contributed by atoms with Crippen LogP contribution in [0.2, 0.25) is 0 Å². The number of phenols is 1. The number of rotatable bonds is 4. The van der Waals surface area contributed by atoms with Crippen molar-refractivity contribution in [2.75, 3.05) is 19.6 Å². The molecule has 1 aromatic rings. The van der Waals surface area contributed by atoms with E-state index in [4.69, 9.17) is 0 Å². The van der Waals surface area contributed by atoms with Gasteiger partial charge in [-0.15, -0.1) is 0 Å². The first-order valence-electron chi connectivity index (χ1n) is 6.47. The molecular weight excluding hydrogens is 228 g/mol. The summed E-state index contributed by atoms with van der Waals surface area (Å²) in [6.45, 7) is 4.19. The van der Waals surface area contributed by atoms with Crippen molar-refractivity contribution in [1.82, 2.24) is 10.2 Å². The quantitative estimate of drug-likeness (QED) is 0.852. The van der Waals surface area contributed by atoms with Crippen LogP contribution in [-0.2, 0) is 4.79 Å². The average molecular weight is 248 g/mol. The first kappa shape index (κ1) is 12.9. The lowest BCUT2D eigenvalue weighted by molar-refractivity contribution is -0.129. The molecular formula is C14H20N2O2. The van der Waals surface area contributed by atoms with Crippen LogP contribution in [0.1, 0.15) is 31.4 Å². The van der Waals surface area contributed by atoms with Crippen LogP contribution in [0.15, 0.2) is 24.3 Å². The molecule has 1 aromatic carbocycles. The van der Waals surface area contributed by atoms with Crippen molar-refractivity contribution in [3.05, 3.63) is 29.8 Å². The Bertz CT molecular complexity index is 397. The summed E-state index contributed by atoms with van der Waals surface area (Å²) < 4.78 is 0. The van der Waals surface area contributed by atoms with Gasteiger partial charge in [-0.2, -0.15) is 0 Å². The molecule has 2 rings (SSSR count). The fourth-order valence-corrected chi connectivity index (χ4v) is 2.20. The monoisotopic (exact) mass is 248 g/mol. The zero-order chi connectivity index (χ0) is 13.0. The molecule has 1 saturated heterocycles. The lowest BCUT2D eigenvalue weighted by Crippen LogP contribution is -2.37. The highest BCUT2D eigenvalue weighted by Gasteiger charge is 2.18. The van der Waals surface area contributed by atoms with E-state index in [0.717, 1.165) is 31.5 Å². The standard InChI is InChI=1S/C14H20N2O2/c1-11(12-4-6-13(17)7-5-12)15-10-14(18)16-8-2-3-9-16/h4-7,11,15,17H,2-3,8-10H2,1H3. The fraction of sp³-hybridized carbons (Fsp3) is 0.500. The number of carbonyl (C=O) groups is 1. The van der Waals surface area contributed by atoms with Gasteiger partial charge in [0.2, 0.25) is 5.91 Å². The van der Waals surface area contributed by atoms with Gasteiger partial charge in [0.15, 0.2) is 0 Å². The molecule has 0 spiro atoms. The second-order valence-electron chi connectivity index (χ2n) is 4.78. The molecule has 4 heteroatoms. The summed E-state index contributed by atoms with van der Waals surface area (Å²) in [5, 5.41) is 12.4. The van der Waals surface area contributed by atoms with E-state index in [2.05, 4.69) is 5.32 Å². The molecule has 0 radical (unpaired) electrons. The molecule has 1 unspecified atom stereocenters. The van der Waals surface area contributed by atoms with Crippen molar-refractivity contribution in [2.45, 2.75) is 25.8 Å². The Morgan fingerprint density at radius 1 is 1.33 bits per heavy atom. The van der Waals surface area contributed by atoms with E-state index in [0.29, 0.717) is 6.54 Å². The Balaban J connectivity index is 1.82. The molecule has 0 saturated carbocycles. The number of phenolic OH excluding ortho intramolecular Hbond substituents is 1. The van der Waals surface area contributed by atoms with Crippen molar-refractivity contribution in [2.24, 2.45) is 0 Å². The van der Waals surface area contributed by atoms with E-state index in [1.807, 2.05) is 24.0 Å². The van der Waals surface area contributed by atoms with Gasteiger partial charge in [-0.05, 0) is 37.5 Å². The molecule has 0 aromatic heterocycles. The number of carbonyl (C=O) groups excluding carboxylic acids is 1. The third-order valence-corrected chi connectivity index (χ3v) is 3.41. The maximum Gasteiger partial charge on any atom is 0.236 e. The number of hydrogen-bond donors (Lipinski definition) is 2. The van der Waals surface area contributed by atoms with Crippen LogP contribution in [0.25, 0.3) is 0 Å². The molecule has 1 atom stereocenters. The lowest BCUT2D eigenvalue weighted by atomic mass is 10.1. The smallest absolute Gasteiger partial charge is 0.236 e. The maximum absolute atomic E-state index is 11.9. The second kappa shape index (κ2) is 5.87. The topological polar surface area (TPSA) is 52.6 Å². The average Bonchev–Trinajstić information content (AvgIpc) is 2.90. The summed E-state index contributed by atoms with van der Waals surface area (Å²) >= 11 is 0. The van der Waals surface area contributed by atoms with Gasteiger partial charge in [-0.3, -0.25) is 4.79 Å². The lowest BCUT2D eigenvalue weighted by Gasteiger charge is -2.18. The molecule has 18 heavy (non-hydrogen) atoms. The number of likely N-dealkylation sites (tertiary alicyclic amines) is 1. The first-order chi connectivity index (χ1) is 8.66. The fourth-order valence-electron chi connectivity index (χ4n) is 2.20. The predicted molar refractivity (Wildman–Crippen MR) is 70.3 cm³/mol. The highest BCUT2D eigenvalue weighted by molar-refractivity contribution is 5.78. The van der Waals surface area contributed by atoms with E-state index in [-0.39, 0.29) is 17.7 Å². The third-order valence-electron chi connectivity index (χ3n) is 3.41. The van der Waals surface area contributed by atoms with Gasteiger partial charge in [0.05, 0.1) is 6.54 Å². The Morgan fingerprint density at radius 3 is 2.56 bits per heavy atom. The molecule has 1 fully saturated rings. The number of nitrogens with zero attached hydrogens (tertiary/aromatic N) is 1. The van der Waals surface area contributed by atoms with E-state index < -0.39 is 0 Å². The number of aromatic hydroxyl groups is 1. The number of amides is 1. The van der Waals surface area contributed by atoms with E-state index in [1.165, 1.54) is 0 Å². The zero-order valence-corrected chi connectivity index (χ0v) is 10.7. The predicted octanol–water partition coefficient (Wildman–Crippen LogP) is 1.67. The van der Waals surface area contributed by atoms with Gasteiger partial charge in [0, 0.05) is 19.1 Å². The highest BCUT2D eigenvalue weighted by Crippen LogP contribution is 2.16. The SMILES string of the molecule is CC(NCC(=O)N1CCCC1)c1ccc(O)cc1. The second-order valence-corrected chi connectivity index (χ2v) is 4.78. The number of nitrogens with one attached hydrogen (secondary N) is 1. The van der Waals surface area contributed by atoms with Crippen molar-refractivity contribution in [3.8, 4) is 5.75 Å². The third kappa shape index (κ3) is 3.23. The van der Waals surface area contributed by atoms with Gasteiger partial charge in [0.1, 0.15) is 5.75 Å². The molecule has 0 bridgehead atoms. The molecule has 1 heterocycles. The number of benzene rings is 1. The van der Waals surface area contributed by atoms with E-state index in [9.17, 15) is 9.90 Å². The summed E-state index contributed by atoms with van der Waals surface area (Å²) in [6, 6.07) is 7.17.